The second kappa shape index (κ2) is 5.36. The van der Waals surface area contributed by atoms with E-state index in [1.54, 1.807) is 0 Å². The molecule has 1 saturated heterocycles. The van der Waals surface area contributed by atoms with E-state index in [1.807, 2.05) is 12.3 Å². The van der Waals surface area contributed by atoms with Crippen molar-refractivity contribution in [3.05, 3.63) is 42.2 Å². The van der Waals surface area contributed by atoms with Gasteiger partial charge in [-0.05, 0) is 43.8 Å². The summed E-state index contributed by atoms with van der Waals surface area (Å²) in [5.74, 6) is 0.738. The average molecular weight is 241 g/mol. The zero-order valence-electron chi connectivity index (χ0n) is 10.5. The topological polar surface area (TPSA) is 40.7 Å². The van der Waals surface area contributed by atoms with Crippen molar-refractivity contribution in [3.63, 3.8) is 0 Å². The Morgan fingerprint density at radius 2 is 2.11 bits per heavy atom. The van der Waals surface area contributed by atoms with Crippen LogP contribution in [0.1, 0.15) is 18.5 Å². The Labute approximate surface area is 108 Å². The van der Waals surface area contributed by atoms with Crippen LogP contribution in [0.15, 0.2) is 36.5 Å². The first-order valence-corrected chi connectivity index (χ1v) is 6.72. The van der Waals surface area contributed by atoms with Crippen molar-refractivity contribution in [3.8, 4) is 11.1 Å². The maximum atomic E-state index is 4.22. The number of benzene rings is 1. The lowest BCUT2D eigenvalue weighted by atomic mass is 9.92. The lowest BCUT2D eigenvalue weighted by Gasteiger charge is -2.22. The van der Waals surface area contributed by atoms with Gasteiger partial charge in [0.05, 0.1) is 6.20 Å². The molecule has 0 spiro atoms. The van der Waals surface area contributed by atoms with Gasteiger partial charge in [0, 0.05) is 11.3 Å². The summed E-state index contributed by atoms with van der Waals surface area (Å²) in [6, 6.07) is 10.5. The van der Waals surface area contributed by atoms with Gasteiger partial charge in [0.1, 0.15) is 0 Å². The lowest BCUT2D eigenvalue weighted by Crippen LogP contribution is -2.31. The van der Waals surface area contributed by atoms with Crippen LogP contribution in [0.4, 0.5) is 0 Å². The molecule has 1 aromatic carbocycles. The Kier molecular flexibility index (Phi) is 3.42. The lowest BCUT2D eigenvalue weighted by molar-refractivity contribution is 0.373. The van der Waals surface area contributed by atoms with Crippen molar-refractivity contribution in [1.29, 1.82) is 0 Å². The summed E-state index contributed by atoms with van der Waals surface area (Å²) in [5.41, 5.74) is 3.78. The quantitative estimate of drug-likeness (QED) is 0.867. The minimum Gasteiger partial charge on any atom is -0.316 e. The molecule has 1 atom stereocenters. The number of hydrogen-bond acceptors (Lipinski definition) is 2. The Morgan fingerprint density at radius 1 is 1.22 bits per heavy atom. The van der Waals surface area contributed by atoms with Gasteiger partial charge in [-0.15, -0.1) is 0 Å². The molecule has 1 aliphatic rings. The number of aromatic nitrogens is 2. The third-order valence-corrected chi connectivity index (χ3v) is 3.69. The van der Waals surface area contributed by atoms with Crippen LogP contribution >= 0.6 is 0 Å². The average Bonchev–Trinajstić information content (AvgIpc) is 2.89. The summed E-state index contributed by atoms with van der Waals surface area (Å²) >= 11 is 0. The Morgan fingerprint density at radius 3 is 2.89 bits per heavy atom. The molecule has 1 fully saturated rings. The van der Waals surface area contributed by atoms with E-state index in [-0.39, 0.29) is 0 Å². The SMILES string of the molecule is c1ccc(-c2cn[nH]c2CC2CCCNC2)cc1. The summed E-state index contributed by atoms with van der Waals surface area (Å²) in [7, 11) is 0. The molecule has 0 bridgehead atoms. The fraction of sp³-hybridized carbons (Fsp3) is 0.400. The zero-order chi connectivity index (χ0) is 12.2. The van der Waals surface area contributed by atoms with Gasteiger partial charge < -0.3 is 5.32 Å². The van der Waals surface area contributed by atoms with Gasteiger partial charge in [-0.25, -0.2) is 0 Å². The smallest absolute Gasteiger partial charge is 0.0568 e. The maximum absolute atomic E-state index is 4.22. The summed E-state index contributed by atoms with van der Waals surface area (Å²) in [6.45, 7) is 2.30. The molecule has 2 heterocycles. The van der Waals surface area contributed by atoms with Crippen molar-refractivity contribution in [2.75, 3.05) is 13.1 Å². The predicted molar refractivity (Wildman–Crippen MR) is 73.3 cm³/mol. The van der Waals surface area contributed by atoms with Crippen molar-refractivity contribution in [2.24, 2.45) is 5.92 Å². The number of H-pyrrole nitrogens is 1. The van der Waals surface area contributed by atoms with E-state index in [2.05, 4.69) is 39.8 Å². The number of nitrogens with zero attached hydrogens (tertiary/aromatic N) is 1. The van der Waals surface area contributed by atoms with Crippen LogP contribution in [0, 0.1) is 5.92 Å². The number of piperidine rings is 1. The van der Waals surface area contributed by atoms with Gasteiger partial charge in [0.15, 0.2) is 0 Å². The summed E-state index contributed by atoms with van der Waals surface area (Å²) in [4.78, 5) is 0. The van der Waals surface area contributed by atoms with E-state index in [0.29, 0.717) is 0 Å². The molecule has 1 unspecified atom stereocenters. The number of aromatic amines is 1. The van der Waals surface area contributed by atoms with Gasteiger partial charge in [0.25, 0.3) is 0 Å². The molecule has 1 aromatic heterocycles. The minimum absolute atomic E-state index is 0.738. The normalized spacial score (nSPS) is 19.9. The van der Waals surface area contributed by atoms with E-state index in [9.17, 15) is 0 Å². The highest BCUT2D eigenvalue weighted by molar-refractivity contribution is 5.64. The molecule has 1 aliphatic heterocycles. The molecule has 2 aromatic rings. The molecular formula is C15H19N3. The summed E-state index contributed by atoms with van der Waals surface area (Å²) in [5, 5.41) is 10.9. The van der Waals surface area contributed by atoms with Crippen molar-refractivity contribution in [1.82, 2.24) is 15.5 Å². The van der Waals surface area contributed by atoms with E-state index < -0.39 is 0 Å². The van der Waals surface area contributed by atoms with Crippen molar-refractivity contribution in [2.45, 2.75) is 19.3 Å². The predicted octanol–water partition coefficient (Wildman–Crippen LogP) is 2.62. The van der Waals surface area contributed by atoms with E-state index >= 15 is 0 Å². The van der Waals surface area contributed by atoms with E-state index in [1.165, 1.54) is 36.2 Å². The highest BCUT2D eigenvalue weighted by Crippen LogP contribution is 2.25. The molecule has 0 aliphatic carbocycles. The second-order valence-electron chi connectivity index (χ2n) is 5.04. The Bertz CT molecular complexity index is 483. The van der Waals surface area contributed by atoms with Crippen LogP contribution < -0.4 is 5.32 Å². The first-order valence-electron chi connectivity index (χ1n) is 6.72. The first kappa shape index (κ1) is 11.5. The summed E-state index contributed by atoms with van der Waals surface area (Å²) in [6.07, 6.45) is 5.65. The highest BCUT2D eigenvalue weighted by atomic mass is 15.1. The minimum atomic E-state index is 0.738. The van der Waals surface area contributed by atoms with Crippen molar-refractivity contribution < 1.29 is 0 Å². The fourth-order valence-corrected chi connectivity index (χ4v) is 2.72. The molecule has 3 nitrogen and oxygen atoms in total. The van der Waals surface area contributed by atoms with Crippen LogP contribution in [-0.2, 0) is 6.42 Å². The Balaban J connectivity index is 1.79. The van der Waals surface area contributed by atoms with Crippen LogP contribution in [0.5, 0.6) is 0 Å². The first-order chi connectivity index (χ1) is 8.93. The molecule has 0 saturated carbocycles. The van der Waals surface area contributed by atoms with Crippen LogP contribution in [0.25, 0.3) is 11.1 Å². The molecule has 3 heteroatoms. The van der Waals surface area contributed by atoms with Crippen molar-refractivity contribution >= 4 is 0 Å². The van der Waals surface area contributed by atoms with E-state index in [4.69, 9.17) is 0 Å². The third kappa shape index (κ3) is 2.46. The highest BCUT2D eigenvalue weighted by Gasteiger charge is 2.16. The molecule has 18 heavy (non-hydrogen) atoms. The molecule has 0 radical (unpaired) electrons. The molecule has 94 valence electrons. The third-order valence-electron chi connectivity index (χ3n) is 3.69. The van der Waals surface area contributed by atoms with Gasteiger partial charge in [-0.1, -0.05) is 30.3 Å². The molecule has 0 amide bonds. The monoisotopic (exact) mass is 241 g/mol. The van der Waals surface area contributed by atoms with Gasteiger partial charge in [-0.3, -0.25) is 5.10 Å². The van der Waals surface area contributed by atoms with Gasteiger partial charge >= 0.3 is 0 Å². The van der Waals surface area contributed by atoms with Crippen LogP contribution in [-0.4, -0.2) is 23.3 Å². The molecule has 3 rings (SSSR count). The van der Waals surface area contributed by atoms with Crippen LogP contribution in [0.2, 0.25) is 0 Å². The largest absolute Gasteiger partial charge is 0.316 e. The van der Waals surface area contributed by atoms with Crippen LogP contribution in [0.3, 0.4) is 0 Å². The second-order valence-corrected chi connectivity index (χ2v) is 5.04. The number of hydrogen-bond donors (Lipinski definition) is 2. The number of rotatable bonds is 3. The van der Waals surface area contributed by atoms with Gasteiger partial charge in [-0.2, -0.15) is 5.10 Å². The standard InChI is InChI=1S/C15H19N3/c1-2-6-13(7-3-1)14-11-17-18-15(14)9-12-5-4-8-16-10-12/h1-3,6-7,11-12,16H,4-5,8-10H2,(H,17,18). The number of nitrogens with one attached hydrogen (secondary N) is 2. The Hall–Kier alpha value is -1.61. The molecule has 2 N–H and O–H groups in total. The van der Waals surface area contributed by atoms with Gasteiger partial charge in [0.2, 0.25) is 0 Å². The fourth-order valence-electron chi connectivity index (χ4n) is 2.72. The maximum Gasteiger partial charge on any atom is 0.0568 e. The summed E-state index contributed by atoms with van der Waals surface area (Å²) < 4.78 is 0. The van der Waals surface area contributed by atoms with E-state index in [0.717, 1.165) is 18.9 Å². The zero-order valence-corrected chi connectivity index (χ0v) is 10.5. The molecular weight excluding hydrogens is 222 g/mol.